The van der Waals surface area contributed by atoms with Crippen molar-refractivity contribution in [2.24, 2.45) is 0 Å². The first-order valence-corrected chi connectivity index (χ1v) is 5.98. The van der Waals surface area contributed by atoms with Crippen molar-refractivity contribution in [3.8, 4) is 0 Å². The van der Waals surface area contributed by atoms with E-state index in [0.717, 1.165) is 6.92 Å². The first kappa shape index (κ1) is 15.8. The second kappa shape index (κ2) is 4.26. The van der Waals surface area contributed by atoms with Gasteiger partial charge in [0.05, 0.1) is 0 Å². The summed E-state index contributed by atoms with van der Waals surface area (Å²) in [5, 5.41) is -11.6. The Morgan fingerprint density at radius 2 is 1.50 bits per heavy atom. The normalized spacial score (nSPS) is 15.2. The van der Waals surface area contributed by atoms with Gasteiger partial charge in [-0.1, -0.05) is 18.7 Å². The lowest BCUT2D eigenvalue weighted by Crippen LogP contribution is -2.56. The molecular formula is C5H6F6O3S2. The fourth-order valence-electron chi connectivity index (χ4n) is 0.603. The standard InChI is InChI=1S/C5H6F6O3S2/c1-2-15-4(8,9)3(6,7)5(10,11)16(12,13)14/h2H2,1H3,(H,12,13,14). The lowest BCUT2D eigenvalue weighted by Gasteiger charge is -2.29. The highest BCUT2D eigenvalue weighted by atomic mass is 32.2. The molecule has 0 aromatic heterocycles. The topological polar surface area (TPSA) is 54.4 Å². The Labute approximate surface area is 90.9 Å². The number of hydrogen-bond acceptors (Lipinski definition) is 3. The van der Waals surface area contributed by atoms with E-state index in [9.17, 15) is 34.8 Å². The summed E-state index contributed by atoms with van der Waals surface area (Å²) in [5.41, 5.74) is 0. The molecule has 3 nitrogen and oxygen atoms in total. The van der Waals surface area contributed by atoms with Crippen LogP contribution in [0.15, 0.2) is 0 Å². The smallest absolute Gasteiger partial charge is 0.281 e. The van der Waals surface area contributed by atoms with Crippen LogP contribution in [0.1, 0.15) is 6.92 Å². The minimum Gasteiger partial charge on any atom is -0.281 e. The number of alkyl halides is 6. The summed E-state index contributed by atoms with van der Waals surface area (Å²) in [6.45, 7) is 0.986. The molecule has 0 saturated carbocycles. The molecule has 0 amide bonds. The maximum absolute atomic E-state index is 12.6. The van der Waals surface area contributed by atoms with E-state index >= 15 is 0 Å². The van der Waals surface area contributed by atoms with Crippen molar-refractivity contribution >= 4 is 21.9 Å². The van der Waals surface area contributed by atoms with E-state index in [2.05, 4.69) is 0 Å². The zero-order valence-electron chi connectivity index (χ0n) is 7.56. The van der Waals surface area contributed by atoms with Gasteiger partial charge in [-0.15, -0.1) is 0 Å². The molecule has 0 radical (unpaired) electrons. The number of rotatable bonds is 5. The van der Waals surface area contributed by atoms with Gasteiger partial charge in [0.1, 0.15) is 0 Å². The zero-order chi connectivity index (χ0) is 13.4. The van der Waals surface area contributed by atoms with E-state index in [4.69, 9.17) is 4.55 Å². The largest absolute Gasteiger partial charge is 0.438 e. The molecule has 0 aromatic carbocycles. The molecule has 0 bridgehead atoms. The Bertz CT molecular complexity index is 351. The highest BCUT2D eigenvalue weighted by molar-refractivity contribution is 8.00. The molecule has 0 aliphatic heterocycles. The van der Waals surface area contributed by atoms with Crippen LogP contribution in [0.2, 0.25) is 0 Å². The lowest BCUT2D eigenvalue weighted by molar-refractivity contribution is -0.242. The van der Waals surface area contributed by atoms with Crippen molar-refractivity contribution in [2.45, 2.75) is 23.4 Å². The Kier molecular flexibility index (Phi) is 4.21. The van der Waals surface area contributed by atoms with Crippen LogP contribution in [-0.2, 0) is 10.1 Å². The third-order valence-electron chi connectivity index (χ3n) is 1.38. The van der Waals surface area contributed by atoms with Crippen molar-refractivity contribution < 1.29 is 39.3 Å². The Balaban J connectivity index is 5.52. The van der Waals surface area contributed by atoms with Gasteiger partial charge in [0.2, 0.25) is 0 Å². The highest BCUT2D eigenvalue weighted by Crippen LogP contribution is 2.52. The summed E-state index contributed by atoms with van der Waals surface area (Å²) in [4.78, 5) is 0. The summed E-state index contributed by atoms with van der Waals surface area (Å²) in [7, 11) is -6.64. The second-order valence-corrected chi connectivity index (χ2v) is 5.36. The monoisotopic (exact) mass is 292 g/mol. The maximum Gasteiger partial charge on any atom is 0.438 e. The van der Waals surface area contributed by atoms with Gasteiger partial charge in [-0.05, 0) is 5.75 Å². The van der Waals surface area contributed by atoms with Crippen LogP contribution >= 0.6 is 11.8 Å². The van der Waals surface area contributed by atoms with E-state index in [1.165, 1.54) is 0 Å². The number of halogens is 6. The molecule has 0 unspecified atom stereocenters. The molecule has 11 heteroatoms. The average Bonchev–Trinajstić information content (AvgIpc) is 2.01. The predicted molar refractivity (Wildman–Crippen MR) is 44.5 cm³/mol. The maximum atomic E-state index is 12.6. The van der Waals surface area contributed by atoms with Gasteiger partial charge in [0.15, 0.2) is 0 Å². The molecule has 98 valence electrons. The lowest BCUT2D eigenvalue weighted by atomic mass is 10.3. The molecule has 0 atom stereocenters. The van der Waals surface area contributed by atoms with Gasteiger partial charge in [-0.2, -0.15) is 34.8 Å². The minimum absolute atomic E-state index is 0.649. The van der Waals surface area contributed by atoms with Gasteiger partial charge >= 0.3 is 26.5 Å². The van der Waals surface area contributed by atoms with E-state index in [0.29, 0.717) is 0 Å². The van der Waals surface area contributed by atoms with Gasteiger partial charge in [-0.3, -0.25) is 4.55 Å². The van der Waals surface area contributed by atoms with Crippen LogP contribution in [0.5, 0.6) is 0 Å². The van der Waals surface area contributed by atoms with Crippen molar-refractivity contribution in [3.05, 3.63) is 0 Å². The van der Waals surface area contributed by atoms with Gasteiger partial charge in [-0.25, -0.2) is 0 Å². The minimum atomic E-state index is -6.64. The molecule has 0 aliphatic rings. The predicted octanol–water partition coefficient (Wildman–Crippen LogP) is 2.45. The van der Waals surface area contributed by atoms with E-state index in [1.807, 2.05) is 0 Å². The fourth-order valence-corrected chi connectivity index (χ4v) is 1.79. The molecule has 0 heterocycles. The Hall–Kier alpha value is -0.160. The highest BCUT2D eigenvalue weighted by Gasteiger charge is 2.77. The quantitative estimate of drug-likeness (QED) is 0.624. The SMILES string of the molecule is CCSC(F)(F)C(F)(F)C(F)(F)S(=O)(=O)O. The van der Waals surface area contributed by atoms with Gasteiger partial charge < -0.3 is 0 Å². The van der Waals surface area contributed by atoms with Crippen LogP contribution < -0.4 is 0 Å². The third-order valence-corrected chi connectivity index (χ3v) is 3.19. The van der Waals surface area contributed by atoms with E-state index in [1.54, 1.807) is 0 Å². The van der Waals surface area contributed by atoms with Crippen LogP contribution in [-0.4, -0.2) is 35.2 Å². The van der Waals surface area contributed by atoms with E-state index < -0.39 is 44.1 Å². The molecule has 0 fully saturated rings. The Morgan fingerprint density at radius 1 is 1.12 bits per heavy atom. The zero-order valence-corrected chi connectivity index (χ0v) is 9.19. The summed E-state index contributed by atoms with van der Waals surface area (Å²) in [5.74, 6) is -6.86. The summed E-state index contributed by atoms with van der Waals surface area (Å²) >= 11 is -0.855. The van der Waals surface area contributed by atoms with E-state index in [-0.39, 0.29) is 0 Å². The number of hydrogen-bond donors (Lipinski definition) is 1. The molecule has 0 rings (SSSR count). The summed E-state index contributed by atoms with van der Waals surface area (Å²) in [6.07, 6.45) is 0. The van der Waals surface area contributed by atoms with Crippen molar-refractivity contribution in [2.75, 3.05) is 5.75 Å². The van der Waals surface area contributed by atoms with Crippen molar-refractivity contribution in [1.29, 1.82) is 0 Å². The van der Waals surface area contributed by atoms with Gasteiger partial charge in [0.25, 0.3) is 0 Å². The summed E-state index contributed by atoms with van der Waals surface area (Å²) in [6, 6.07) is 0. The molecule has 0 saturated heterocycles. The van der Waals surface area contributed by atoms with Crippen molar-refractivity contribution in [3.63, 3.8) is 0 Å². The first-order valence-electron chi connectivity index (χ1n) is 3.55. The van der Waals surface area contributed by atoms with Gasteiger partial charge in [0, 0.05) is 0 Å². The molecule has 0 aromatic rings. The van der Waals surface area contributed by atoms with Crippen LogP contribution in [0.3, 0.4) is 0 Å². The first-order chi connectivity index (χ1) is 6.81. The molecule has 1 N–H and O–H groups in total. The van der Waals surface area contributed by atoms with Crippen LogP contribution in [0.4, 0.5) is 26.3 Å². The average molecular weight is 292 g/mol. The van der Waals surface area contributed by atoms with Crippen LogP contribution in [0.25, 0.3) is 0 Å². The molecular weight excluding hydrogens is 286 g/mol. The summed E-state index contributed by atoms with van der Waals surface area (Å²) < 4.78 is 103. The van der Waals surface area contributed by atoms with Crippen LogP contribution in [0, 0.1) is 0 Å². The molecule has 0 aliphatic carbocycles. The number of thioether (sulfide) groups is 1. The third kappa shape index (κ3) is 2.40. The molecule has 0 spiro atoms. The Morgan fingerprint density at radius 3 is 1.75 bits per heavy atom. The molecule has 16 heavy (non-hydrogen) atoms. The fraction of sp³-hybridized carbons (Fsp3) is 1.00. The van der Waals surface area contributed by atoms with Crippen molar-refractivity contribution in [1.82, 2.24) is 0 Å². The second-order valence-electron chi connectivity index (χ2n) is 2.52.